The van der Waals surface area contributed by atoms with Gasteiger partial charge in [0.05, 0.1) is 45.3 Å². The minimum Gasteiger partial charge on any atom is -0.493 e. The third-order valence-electron chi connectivity index (χ3n) is 13.3. The first kappa shape index (κ1) is 50.2. The summed E-state index contributed by atoms with van der Waals surface area (Å²) in [7, 11) is 2.15. The zero-order valence-electron chi connectivity index (χ0n) is 41.1. The average Bonchev–Trinajstić information content (AvgIpc) is 3.92. The molecule has 2 aliphatic rings. The van der Waals surface area contributed by atoms with Crippen molar-refractivity contribution in [2.24, 2.45) is 0 Å². The molecule has 0 aliphatic carbocycles. The number of benzene rings is 5. The van der Waals surface area contributed by atoms with Crippen molar-refractivity contribution in [1.29, 1.82) is 0 Å². The van der Waals surface area contributed by atoms with E-state index in [1.54, 1.807) is 23.2 Å². The second kappa shape index (κ2) is 22.8. The van der Waals surface area contributed by atoms with Crippen molar-refractivity contribution in [1.82, 2.24) is 44.1 Å². The van der Waals surface area contributed by atoms with E-state index in [-0.39, 0.29) is 12.1 Å². The van der Waals surface area contributed by atoms with Crippen LogP contribution in [0.5, 0.6) is 23.1 Å². The summed E-state index contributed by atoms with van der Waals surface area (Å²) in [6.07, 6.45) is 1.78. The van der Waals surface area contributed by atoms with Crippen LogP contribution in [0.15, 0.2) is 121 Å². The predicted molar refractivity (Wildman–Crippen MR) is 289 cm³/mol. The number of amides is 1. The number of aromatic nitrogens is 5. The van der Waals surface area contributed by atoms with Crippen molar-refractivity contribution in [3.63, 3.8) is 0 Å². The Morgan fingerprint density at radius 1 is 0.712 bits per heavy atom. The molecule has 14 nitrogen and oxygen atoms in total. The van der Waals surface area contributed by atoms with E-state index in [4.69, 9.17) is 63.7 Å². The van der Waals surface area contributed by atoms with E-state index in [0.29, 0.717) is 113 Å². The van der Waals surface area contributed by atoms with Gasteiger partial charge in [0, 0.05) is 100 Å². The van der Waals surface area contributed by atoms with Crippen molar-refractivity contribution >= 4 is 63.0 Å². The van der Waals surface area contributed by atoms with Crippen molar-refractivity contribution in [2.75, 3.05) is 72.6 Å². The molecule has 378 valence electrons. The van der Waals surface area contributed by atoms with Crippen molar-refractivity contribution < 1.29 is 23.7 Å². The standard InChI is InChI=1S/C56H58Cl3N9O5/c1-37(2)72-55-52-51(18-20-61-55)68(35-38-8-5-4-6-9-38)54(63-52)46-16-12-42(31-48(46)59)70-28-19-41-34-60-21-22-66(41)56(69)73-44-14-17-50-49(33-44)62-53(67(50)36-39-10-7-11-40(57)30-39)45-15-13-43(32-47(45)58)71-29-27-65-25-23-64(3)24-26-65/h4-18,20,30-33,37,41,60H,19,21-29,34-36H2,1-3H3. The molecule has 1 atom stereocenters. The number of fused-ring (bicyclic) bond motifs is 2. The van der Waals surface area contributed by atoms with Gasteiger partial charge in [0.1, 0.15) is 35.5 Å². The van der Waals surface area contributed by atoms with Gasteiger partial charge in [-0.25, -0.2) is 19.7 Å². The number of hydrogen-bond donors (Lipinski definition) is 1. The van der Waals surface area contributed by atoms with Gasteiger partial charge in [0.25, 0.3) is 0 Å². The second-order valence-electron chi connectivity index (χ2n) is 18.8. The first-order valence-electron chi connectivity index (χ1n) is 24.8. The quantitative estimate of drug-likeness (QED) is 0.0937. The fourth-order valence-corrected chi connectivity index (χ4v) is 10.2. The Labute approximate surface area is 440 Å². The molecule has 10 rings (SSSR count). The fourth-order valence-electron chi connectivity index (χ4n) is 9.46. The molecule has 5 heterocycles. The highest BCUT2D eigenvalue weighted by molar-refractivity contribution is 6.34. The molecule has 2 fully saturated rings. The lowest BCUT2D eigenvalue weighted by Crippen LogP contribution is -2.54. The monoisotopic (exact) mass is 1040 g/mol. The molecular weight excluding hydrogens is 985 g/mol. The highest BCUT2D eigenvalue weighted by Gasteiger charge is 2.29. The molecule has 8 aromatic rings. The molecule has 73 heavy (non-hydrogen) atoms. The molecule has 0 radical (unpaired) electrons. The Balaban J connectivity index is 0.821. The number of rotatable bonds is 17. The number of carbonyl (C=O) groups is 1. The number of halogens is 3. The van der Waals surface area contributed by atoms with Crippen LogP contribution in [0.3, 0.4) is 0 Å². The number of likely N-dealkylation sites (N-methyl/N-ethyl adjacent to an activating group) is 1. The van der Waals surface area contributed by atoms with E-state index >= 15 is 0 Å². The van der Waals surface area contributed by atoms with Crippen LogP contribution >= 0.6 is 34.8 Å². The molecule has 0 saturated carbocycles. The van der Waals surface area contributed by atoms with Crippen LogP contribution < -0.4 is 24.3 Å². The van der Waals surface area contributed by atoms with Crippen molar-refractivity contribution in [2.45, 2.75) is 45.5 Å². The van der Waals surface area contributed by atoms with Crippen LogP contribution in [0.2, 0.25) is 15.1 Å². The molecule has 1 N–H and O–H groups in total. The van der Waals surface area contributed by atoms with E-state index in [1.807, 2.05) is 105 Å². The molecule has 2 aliphatic heterocycles. The van der Waals surface area contributed by atoms with Crippen LogP contribution in [-0.2, 0) is 13.1 Å². The number of nitrogens with zero attached hydrogens (tertiary/aromatic N) is 8. The summed E-state index contributed by atoms with van der Waals surface area (Å²) in [5, 5.41) is 5.07. The van der Waals surface area contributed by atoms with E-state index in [9.17, 15) is 4.79 Å². The Kier molecular flexibility index (Phi) is 15.7. The van der Waals surface area contributed by atoms with Crippen LogP contribution in [0.4, 0.5) is 4.79 Å². The predicted octanol–water partition coefficient (Wildman–Crippen LogP) is 10.8. The average molecular weight is 1040 g/mol. The van der Waals surface area contributed by atoms with Gasteiger partial charge in [-0.2, -0.15) is 0 Å². The Morgan fingerprint density at radius 3 is 2.12 bits per heavy atom. The molecular formula is C56H58Cl3N9O5. The Bertz CT molecular complexity index is 3210. The summed E-state index contributed by atoms with van der Waals surface area (Å²) >= 11 is 20.5. The molecule has 3 aromatic heterocycles. The van der Waals surface area contributed by atoms with Gasteiger partial charge in [-0.05, 0) is 98.8 Å². The second-order valence-corrected chi connectivity index (χ2v) is 20.0. The maximum absolute atomic E-state index is 14.0. The largest absolute Gasteiger partial charge is 0.493 e. The van der Waals surface area contributed by atoms with E-state index in [2.05, 4.69) is 48.4 Å². The number of imidazole rings is 2. The van der Waals surface area contributed by atoms with Crippen molar-refractivity contribution in [3.8, 4) is 45.9 Å². The summed E-state index contributed by atoms with van der Waals surface area (Å²) in [5.41, 5.74) is 6.66. The number of hydrogen-bond acceptors (Lipinski definition) is 11. The van der Waals surface area contributed by atoms with Gasteiger partial charge in [-0.3, -0.25) is 4.90 Å². The topological polar surface area (TPSA) is 124 Å². The number of piperazine rings is 2. The smallest absolute Gasteiger partial charge is 0.415 e. The number of nitrogens with one attached hydrogen (secondary N) is 1. The molecule has 1 amide bonds. The third-order valence-corrected chi connectivity index (χ3v) is 14.1. The van der Waals surface area contributed by atoms with E-state index in [1.165, 1.54) is 0 Å². The van der Waals surface area contributed by atoms with Crippen LogP contribution in [-0.4, -0.2) is 130 Å². The Hall–Kier alpha value is -6.39. The maximum atomic E-state index is 14.0. The lowest BCUT2D eigenvalue weighted by atomic mass is 10.1. The van der Waals surface area contributed by atoms with Gasteiger partial charge in [-0.1, -0.05) is 77.3 Å². The first-order valence-corrected chi connectivity index (χ1v) is 25.9. The summed E-state index contributed by atoms with van der Waals surface area (Å²) in [6, 6.07) is 36.6. The SMILES string of the molecule is CC(C)Oc1nccc2c1nc(-c1ccc(OCCC3CNCCN3C(=O)Oc3ccc4c(c3)nc(-c3ccc(OCCN5CCN(C)CC5)cc3Cl)n4Cc3cccc(Cl)c3)cc1Cl)n2Cc1ccccc1. The molecule has 0 spiro atoms. The molecule has 2 saturated heterocycles. The van der Waals surface area contributed by atoms with E-state index in [0.717, 1.165) is 66.0 Å². The van der Waals surface area contributed by atoms with Gasteiger partial charge < -0.3 is 43.2 Å². The van der Waals surface area contributed by atoms with Gasteiger partial charge >= 0.3 is 6.09 Å². The first-order chi connectivity index (χ1) is 35.5. The third kappa shape index (κ3) is 11.9. The summed E-state index contributed by atoms with van der Waals surface area (Å²) in [6.45, 7) is 12.6. The van der Waals surface area contributed by atoms with Gasteiger partial charge in [-0.15, -0.1) is 0 Å². The summed E-state index contributed by atoms with van der Waals surface area (Å²) < 4.78 is 28.9. The van der Waals surface area contributed by atoms with Crippen LogP contribution in [0, 0.1) is 0 Å². The van der Waals surface area contributed by atoms with Crippen molar-refractivity contribution in [3.05, 3.63) is 148 Å². The maximum Gasteiger partial charge on any atom is 0.415 e. The highest BCUT2D eigenvalue weighted by Crippen LogP contribution is 2.37. The molecule has 0 bridgehead atoms. The van der Waals surface area contributed by atoms with Gasteiger partial charge in [0.15, 0.2) is 5.52 Å². The van der Waals surface area contributed by atoms with Crippen LogP contribution in [0.25, 0.3) is 44.8 Å². The lowest BCUT2D eigenvalue weighted by molar-refractivity contribution is 0.109. The minimum absolute atomic E-state index is 0.0735. The normalized spacial score (nSPS) is 15.6. The molecule has 5 aromatic carbocycles. The lowest BCUT2D eigenvalue weighted by Gasteiger charge is -2.35. The summed E-state index contributed by atoms with van der Waals surface area (Å²) in [4.78, 5) is 35.2. The fraction of sp³-hybridized carbons (Fsp3) is 0.321. The zero-order chi connectivity index (χ0) is 50.4. The summed E-state index contributed by atoms with van der Waals surface area (Å²) in [5.74, 6) is 3.51. The highest BCUT2D eigenvalue weighted by atomic mass is 35.5. The molecule has 17 heteroatoms. The minimum atomic E-state index is -0.446. The number of pyridine rings is 1. The van der Waals surface area contributed by atoms with Crippen LogP contribution in [0.1, 0.15) is 31.4 Å². The van der Waals surface area contributed by atoms with Gasteiger partial charge in [0.2, 0.25) is 5.88 Å². The van der Waals surface area contributed by atoms with E-state index < -0.39 is 6.09 Å². The Morgan fingerprint density at radius 2 is 1.40 bits per heavy atom. The zero-order valence-corrected chi connectivity index (χ0v) is 43.4. The molecule has 1 unspecified atom stereocenters. The number of carbonyl (C=O) groups excluding carboxylic acids is 1. The number of ether oxygens (including phenoxy) is 4.